The lowest BCUT2D eigenvalue weighted by molar-refractivity contribution is -0.274. The monoisotopic (exact) mass is 368 g/mol. The highest BCUT2D eigenvalue weighted by Crippen LogP contribution is 2.24. The minimum Gasteiger partial charge on any atom is -0.406 e. The van der Waals surface area contributed by atoms with Crippen LogP contribution in [0.5, 0.6) is 5.75 Å². The molecule has 2 aromatic carbocycles. The summed E-state index contributed by atoms with van der Waals surface area (Å²) < 4.78 is 40.3. The number of carbonyl (C=O) groups is 1. The number of halogens is 3. The van der Waals surface area contributed by atoms with E-state index in [-0.39, 0.29) is 18.3 Å². The molecule has 3 N–H and O–H groups in total. The van der Waals surface area contributed by atoms with E-state index in [1.807, 2.05) is 0 Å². The Morgan fingerprint density at radius 2 is 1.73 bits per heavy atom. The topological polar surface area (TPSA) is 70.6 Å². The Balaban J connectivity index is 2.01. The first-order chi connectivity index (χ1) is 12.4. The smallest absolute Gasteiger partial charge is 0.406 e. The largest absolute Gasteiger partial charge is 0.573 e. The molecule has 0 fully saturated rings. The molecule has 5 nitrogen and oxygen atoms in total. The van der Waals surface area contributed by atoms with E-state index in [9.17, 15) is 18.0 Å². The van der Waals surface area contributed by atoms with Gasteiger partial charge in [0.1, 0.15) is 5.75 Å². The molecule has 0 aromatic heterocycles. The van der Waals surface area contributed by atoms with Gasteiger partial charge < -0.3 is 20.5 Å². The number of para-hydroxylation sites is 1. The van der Waals surface area contributed by atoms with Crippen LogP contribution in [0.25, 0.3) is 0 Å². The third-order valence-electron chi connectivity index (χ3n) is 3.42. The number of anilines is 2. The Bertz CT molecular complexity index is 718. The first kappa shape index (κ1) is 19.6. The average molecular weight is 368 g/mol. The summed E-state index contributed by atoms with van der Waals surface area (Å²) in [5.74, 6) is -0.749. The standard InChI is InChI=1S/C18H19F3N2O3/c19-18(20,21)26-14-9-7-13(8-10-14)23-17(25)15-5-1-2-6-16(15)22-11-3-4-12-24/h1-2,5-10,22,24H,3-4,11-12H2,(H,23,25). The van der Waals surface area contributed by atoms with E-state index in [0.717, 1.165) is 18.6 Å². The number of aliphatic hydroxyl groups excluding tert-OH is 1. The molecule has 8 heteroatoms. The Kier molecular flexibility index (Phi) is 6.85. The van der Waals surface area contributed by atoms with Crippen molar-refractivity contribution in [3.63, 3.8) is 0 Å². The summed E-state index contributed by atoms with van der Waals surface area (Å²) in [6, 6.07) is 11.8. The third kappa shape index (κ3) is 6.29. The molecule has 140 valence electrons. The predicted octanol–water partition coefficient (Wildman–Crippen LogP) is 4.02. The number of ether oxygens (including phenoxy) is 1. The lowest BCUT2D eigenvalue weighted by atomic mass is 10.1. The van der Waals surface area contributed by atoms with Gasteiger partial charge in [0.15, 0.2) is 0 Å². The highest BCUT2D eigenvalue weighted by atomic mass is 19.4. The van der Waals surface area contributed by atoms with Gasteiger partial charge in [0, 0.05) is 24.5 Å². The van der Waals surface area contributed by atoms with E-state index in [1.54, 1.807) is 24.3 Å². The van der Waals surface area contributed by atoms with Crippen LogP contribution >= 0.6 is 0 Å². The van der Waals surface area contributed by atoms with Crippen molar-refractivity contribution in [3.8, 4) is 5.75 Å². The number of unbranched alkanes of at least 4 members (excludes halogenated alkanes) is 1. The van der Waals surface area contributed by atoms with Gasteiger partial charge in [-0.3, -0.25) is 4.79 Å². The number of amides is 1. The molecule has 0 saturated heterocycles. The molecule has 0 bridgehead atoms. The molecule has 0 aliphatic carbocycles. The molecule has 2 rings (SSSR count). The maximum Gasteiger partial charge on any atom is 0.573 e. The van der Waals surface area contributed by atoms with Crippen molar-refractivity contribution in [1.29, 1.82) is 0 Å². The number of alkyl halides is 3. The van der Waals surface area contributed by atoms with Crippen molar-refractivity contribution in [2.24, 2.45) is 0 Å². The minimum absolute atomic E-state index is 0.109. The number of rotatable bonds is 8. The fraction of sp³-hybridized carbons (Fsp3) is 0.278. The van der Waals surface area contributed by atoms with E-state index < -0.39 is 6.36 Å². The lowest BCUT2D eigenvalue weighted by Gasteiger charge is -2.13. The maximum absolute atomic E-state index is 12.4. The van der Waals surface area contributed by atoms with E-state index in [4.69, 9.17) is 5.11 Å². The average Bonchev–Trinajstić information content (AvgIpc) is 2.59. The second kappa shape index (κ2) is 9.10. The predicted molar refractivity (Wildman–Crippen MR) is 92.3 cm³/mol. The molecule has 0 heterocycles. The molecule has 0 atom stereocenters. The van der Waals surface area contributed by atoms with E-state index >= 15 is 0 Å². The van der Waals surface area contributed by atoms with Crippen molar-refractivity contribution in [1.82, 2.24) is 0 Å². The lowest BCUT2D eigenvalue weighted by Crippen LogP contribution is -2.17. The van der Waals surface area contributed by atoms with Gasteiger partial charge in [0.25, 0.3) is 5.91 Å². The molecule has 0 aliphatic rings. The summed E-state index contributed by atoms with van der Waals surface area (Å²) in [5.41, 5.74) is 1.40. The normalized spacial score (nSPS) is 11.1. The summed E-state index contributed by atoms with van der Waals surface area (Å²) in [5, 5.41) is 14.6. The highest BCUT2D eigenvalue weighted by molar-refractivity contribution is 6.08. The quantitative estimate of drug-likeness (QED) is 0.616. The van der Waals surface area contributed by atoms with Gasteiger partial charge >= 0.3 is 6.36 Å². The molecule has 1 amide bonds. The molecular weight excluding hydrogens is 349 g/mol. The number of benzene rings is 2. The Morgan fingerprint density at radius 3 is 2.38 bits per heavy atom. The zero-order valence-electron chi connectivity index (χ0n) is 13.8. The van der Waals surface area contributed by atoms with E-state index in [1.165, 1.54) is 12.1 Å². The Hall–Kier alpha value is -2.74. The van der Waals surface area contributed by atoms with Crippen LogP contribution in [0, 0.1) is 0 Å². The van der Waals surface area contributed by atoms with Gasteiger partial charge in [-0.1, -0.05) is 12.1 Å². The molecule has 0 aliphatic heterocycles. The second-order valence-corrected chi connectivity index (χ2v) is 5.43. The van der Waals surface area contributed by atoms with Gasteiger partial charge in [-0.05, 0) is 49.2 Å². The van der Waals surface area contributed by atoms with Crippen LogP contribution in [0.2, 0.25) is 0 Å². The van der Waals surface area contributed by atoms with Crippen LogP contribution < -0.4 is 15.4 Å². The molecule has 0 saturated carbocycles. The summed E-state index contributed by atoms with van der Waals surface area (Å²) >= 11 is 0. The van der Waals surface area contributed by atoms with Gasteiger partial charge in [-0.25, -0.2) is 0 Å². The fourth-order valence-corrected chi connectivity index (χ4v) is 2.23. The third-order valence-corrected chi connectivity index (χ3v) is 3.42. The zero-order chi connectivity index (χ0) is 19.0. The van der Waals surface area contributed by atoms with Crippen molar-refractivity contribution in [2.45, 2.75) is 19.2 Å². The maximum atomic E-state index is 12.4. The van der Waals surface area contributed by atoms with Gasteiger partial charge in [0.2, 0.25) is 0 Å². The number of nitrogens with one attached hydrogen (secondary N) is 2. The number of carbonyl (C=O) groups excluding carboxylic acids is 1. The van der Waals surface area contributed by atoms with Crippen LogP contribution in [-0.2, 0) is 0 Å². The van der Waals surface area contributed by atoms with E-state index in [2.05, 4.69) is 15.4 Å². The van der Waals surface area contributed by atoms with E-state index in [0.29, 0.717) is 29.9 Å². The summed E-state index contributed by atoms with van der Waals surface area (Å²) in [4.78, 5) is 12.4. The molecule has 0 unspecified atom stereocenters. The van der Waals surface area contributed by atoms with Crippen LogP contribution in [0.3, 0.4) is 0 Å². The number of hydrogen-bond donors (Lipinski definition) is 3. The Morgan fingerprint density at radius 1 is 1.04 bits per heavy atom. The van der Waals surface area contributed by atoms with Gasteiger partial charge in [-0.15, -0.1) is 13.2 Å². The zero-order valence-corrected chi connectivity index (χ0v) is 13.8. The first-order valence-corrected chi connectivity index (χ1v) is 8.00. The second-order valence-electron chi connectivity index (χ2n) is 5.43. The first-order valence-electron chi connectivity index (χ1n) is 8.00. The summed E-state index contributed by atoms with van der Waals surface area (Å²) in [6.07, 6.45) is -3.34. The van der Waals surface area contributed by atoms with Crippen molar-refractivity contribution in [2.75, 3.05) is 23.8 Å². The van der Waals surface area contributed by atoms with Crippen LogP contribution in [0.4, 0.5) is 24.5 Å². The van der Waals surface area contributed by atoms with Crippen LogP contribution in [0.15, 0.2) is 48.5 Å². The van der Waals surface area contributed by atoms with Crippen LogP contribution in [-0.4, -0.2) is 30.5 Å². The summed E-state index contributed by atoms with van der Waals surface area (Å²) in [7, 11) is 0. The van der Waals surface area contributed by atoms with Crippen molar-refractivity contribution in [3.05, 3.63) is 54.1 Å². The molecule has 0 radical (unpaired) electrons. The number of aliphatic hydroxyl groups is 1. The Labute approximate surface area is 148 Å². The van der Waals surface area contributed by atoms with Crippen molar-refractivity contribution >= 4 is 17.3 Å². The molecular formula is C18H19F3N2O3. The summed E-state index contributed by atoms with van der Waals surface area (Å²) in [6.45, 7) is 0.714. The van der Waals surface area contributed by atoms with Crippen molar-refractivity contribution < 1.29 is 27.8 Å². The highest BCUT2D eigenvalue weighted by Gasteiger charge is 2.30. The number of hydrogen-bond acceptors (Lipinski definition) is 4. The molecule has 0 spiro atoms. The molecule has 26 heavy (non-hydrogen) atoms. The SMILES string of the molecule is O=C(Nc1ccc(OC(F)(F)F)cc1)c1ccccc1NCCCCO. The van der Waals surface area contributed by atoms with Crippen LogP contribution in [0.1, 0.15) is 23.2 Å². The van der Waals surface area contributed by atoms with Gasteiger partial charge in [0.05, 0.1) is 5.56 Å². The van der Waals surface area contributed by atoms with Gasteiger partial charge in [-0.2, -0.15) is 0 Å². The molecule has 2 aromatic rings. The fourth-order valence-electron chi connectivity index (χ4n) is 2.23. The minimum atomic E-state index is -4.76.